The number of aromatic nitrogens is 2. The maximum absolute atomic E-state index is 13.7. The minimum Gasteiger partial charge on any atom is -0.466 e. The lowest BCUT2D eigenvalue weighted by atomic mass is 10.1. The summed E-state index contributed by atoms with van der Waals surface area (Å²) in [6.07, 6.45) is 0.0174. The van der Waals surface area contributed by atoms with E-state index in [1.54, 1.807) is 34.6 Å². The van der Waals surface area contributed by atoms with Crippen LogP contribution in [0, 0.1) is 12.8 Å². The number of hydrogen-bond acceptors (Lipinski definition) is 5. The average molecular weight is 498 g/mol. The number of halogens is 1. The molecule has 0 fully saturated rings. The third-order valence-corrected chi connectivity index (χ3v) is 5.96. The lowest BCUT2D eigenvalue weighted by molar-refractivity contribution is -0.146. The minimum absolute atomic E-state index is 0.000483. The van der Waals surface area contributed by atoms with Gasteiger partial charge >= 0.3 is 5.97 Å². The third-order valence-electron chi connectivity index (χ3n) is 5.72. The van der Waals surface area contributed by atoms with Crippen LogP contribution in [-0.2, 0) is 14.3 Å². The molecule has 1 heterocycles. The van der Waals surface area contributed by atoms with Crippen molar-refractivity contribution in [2.24, 2.45) is 5.92 Å². The van der Waals surface area contributed by atoms with Gasteiger partial charge in [0.15, 0.2) is 0 Å². The molecule has 0 aliphatic heterocycles. The second kappa shape index (κ2) is 11.5. The van der Waals surface area contributed by atoms with E-state index < -0.39 is 12.0 Å². The molecule has 186 valence electrons. The van der Waals surface area contributed by atoms with E-state index in [9.17, 15) is 14.4 Å². The Labute approximate surface area is 210 Å². The molecule has 0 saturated heterocycles. The monoisotopic (exact) mass is 497 g/mol. The van der Waals surface area contributed by atoms with Crippen molar-refractivity contribution in [1.29, 1.82) is 0 Å². The van der Waals surface area contributed by atoms with E-state index in [4.69, 9.17) is 21.3 Å². The number of amides is 1. The van der Waals surface area contributed by atoms with Crippen molar-refractivity contribution >= 4 is 34.4 Å². The van der Waals surface area contributed by atoms with Gasteiger partial charge in [-0.15, -0.1) is 0 Å². The topological polar surface area (TPSA) is 81.5 Å². The molecule has 0 N–H and O–H groups in total. The summed E-state index contributed by atoms with van der Waals surface area (Å²) in [5.41, 5.74) is 1.96. The Hall–Kier alpha value is -3.19. The number of hydrogen-bond donors (Lipinski definition) is 0. The number of benzene rings is 2. The molecule has 0 bridgehead atoms. The van der Waals surface area contributed by atoms with Gasteiger partial charge in [-0.1, -0.05) is 43.1 Å². The van der Waals surface area contributed by atoms with Gasteiger partial charge in [0.1, 0.15) is 5.82 Å². The summed E-state index contributed by atoms with van der Waals surface area (Å²) in [6, 6.07) is 12.0. The van der Waals surface area contributed by atoms with Crippen molar-refractivity contribution in [3.8, 4) is 5.69 Å². The zero-order valence-corrected chi connectivity index (χ0v) is 21.6. The Kier molecular flexibility index (Phi) is 8.67. The molecule has 2 aromatic carbocycles. The van der Waals surface area contributed by atoms with E-state index in [-0.39, 0.29) is 36.8 Å². The molecule has 0 spiro atoms. The molecule has 8 heteroatoms. The molecular formula is C27H32ClN3O4. The first-order valence-electron chi connectivity index (χ1n) is 11.9. The molecule has 35 heavy (non-hydrogen) atoms. The summed E-state index contributed by atoms with van der Waals surface area (Å²) in [7, 11) is 0. The number of fused-ring (bicyclic) bond motifs is 1. The predicted octanol–water partition coefficient (Wildman–Crippen LogP) is 5.24. The highest BCUT2D eigenvalue weighted by molar-refractivity contribution is 6.31. The molecule has 0 aliphatic carbocycles. The number of ether oxygens (including phenoxy) is 1. The Balaban J connectivity index is 2.13. The molecule has 1 aromatic heterocycles. The van der Waals surface area contributed by atoms with Crippen LogP contribution in [0.25, 0.3) is 16.6 Å². The van der Waals surface area contributed by atoms with E-state index in [2.05, 4.69) is 0 Å². The SMILES string of the molecule is CCOC(=O)CCC(=O)N(CC(C)C)C(C)c1nc2cc(Cl)ccc2c(=O)n1-c1ccc(C)cc1. The highest BCUT2D eigenvalue weighted by Gasteiger charge is 2.28. The number of rotatable bonds is 9. The molecule has 1 unspecified atom stereocenters. The minimum atomic E-state index is -0.538. The summed E-state index contributed by atoms with van der Waals surface area (Å²) in [5, 5.41) is 0.913. The molecule has 1 atom stereocenters. The molecule has 0 saturated carbocycles. The van der Waals surface area contributed by atoms with E-state index in [0.29, 0.717) is 34.0 Å². The first-order chi connectivity index (χ1) is 16.6. The first kappa shape index (κ1) is 26.4. The zero-order valence-electron chi connectivity index (χ0n) is 20.9. The van der Waals surface area contributed by atoms with Gasteiger partial charge in [0.25, 0.3) is 5.56 Å². The highest BCUT2D eigenvalue weighted by atomic mass is 35.5. The maximum atomic E-state index is 13.7. The van der Waals surface area contributed by atoms with Crippen LogP contribution >= 0.6 is 11.6 Å². The smallest absolute Gasteiger partial charge is 0.306 e. The largest absolute Gasteiger partial charge is 0.466 e. The molecule has 0 radical (unpaired) electrons. The number of esters is 1. The summed E-state index contributed by atoms with van der Waals surface area (Å²) < 4.78 is 6.54. The number of carbonyl (C=O) groups excluding carboxylic acids is 2. The molecule has 3 rings (SSSR count). The number of carbonyl (C=O) groups is 2. The fourth-order valence-corrected chi connectivity index (χ4v) is 4.16. The van der Waals surface area contributed by atoms with Gasteiger partial charge < -0.3 is 9.64 Å². The highest BCUT2D eigenvalue weighted by Crippen LogP contribution is 2.26. The van der Waals surface area contributed by atoms with Gasteiger partial charge in [0.2, 0.25) is 5.91 Å². The summed E-state index contributed by atoms with van der Waals surface area (Å²) in [5.74, 6) is -0.0135. The molecule has 3 aromatic rings. The summed E-state index contributed by atoms with van der Waals surface area (Å²) in [6.45, 7) is 10.3. The molecule has 0 aliphatic rings. The van der Waals surface area contributed by atoms with Gasteiger partial charge in [-0.3, -0.25) is 19.0 Å². The molecule has 1 amide bonds. The summed E-state index contributed by atoms with van der Waals surface area (Å²) >= 11 is 6.20. The Morgan fingerprint density at radius 2 is 1.77 bits per heavy atom. The van der Waals surface area contributed by atoms with E-state index in [1.165, 1.54) is 0 Å². The molecule has 7 nitrogen and oxygen atoms in total. The second-order valence-corrected chi connectivity index (χ2v) is 9.46. The Morgan fingerprint density at radius 3 is 2.40 bits per heavy atom. The van der Waals surface area contributed by atoms with E-state index in [1.807, 2.05) is 52.0 Å². The third kappa shape index (κ3) is 6.28. The van der Waals surface area contributed by atoms with Crippen molar-refractivity contribution in [2.45, 2.75) is 53.5 Å². The van der Waals surface area contributed by atoms with E-state index >= 15 is 0 Å². The van der Waals surface area contributed by atoms with Crippen molar-refractivity contribution in [3.63, 3.8) is 0 Å². The Morgan fingerprint density at radius 1 is 1.09 bits per heavy atom. The fourth-order valence-electron chi connectivity index (χ4n) is 3.99. The average Bonchev–Trinajstić information content (AvgIpc) is 2.81. The van der Waals surface area contributed by atoms with Crippen LogP contribution in [0.1, 0.15) is 58.0 Å². The summed E-state index contributed by atoms with van der Waals surface area (Å²) in [4.78, 5) is 45.3. The van der Waals surface area contributed by atoms with Crippen molar-refractivity contribution < 1.29 is 14.3 Å². The Bertz CT molecular complexity index is 1270. The predicted molar refractivity (Wildman–Crippen MR) is 138 cm³/mol. The van der Waals surface area contributed by atoms with Crippen molar-refractivity contribution in [1.82, 2.24) is 14.5 Å². The lowest BCUT2D eigenvalue weighted by Gasteiger charge is -2.32. The van der Waals surface area contributed by atoms with Crippen LogP contribution in [-0.4, -0.2) is 39.5 Å². The van der Waals surface area contributed by atoms with Gasteiger partial charge in [-0.05, 0) is 57.0 Å². The van der Waals surface area contributed by atoms with Gasteiger partial charge in [0.05, 0.1) is 35.7 Å². The first-order valence-corrected chi connectivity index (χ1v) is 12.2. The number of aryl methyl sites for hydroxylation is 1. The maximum Gasteiger partial charge on any atom is 0.306 e. The van der Waals surface area contributed by atoms with Crippen LogP contribution in [0.2, 0.25) is 5.02 Å². The van der Waals surface area contributed by atoms with E-state index in [0.717, 1.165) is 5.56 Å². The lowest BCUT2D eigenvalue weighted by Crippen LogP contribution is -2.39. The van der Waals surface area contributed by atoms with Crippen molar-refractivity contribution in [3.05, 3.63) is 69.2 Å². The van der Waals surface area contributed by atoms with Gasteiger partial charge in [-0.2, -0.15) is 0 Å². The molecular weight excluding hydrogens is 466 g/mol. The van der Waals surface area contributed by atoms with Gasteiger partial charge in [0, 0.05) is 18.0 Å². The van der Waals surface area contributed by atoms with Gasteiger partial charge in [-0.25, -0.2) is 4.98 Å². The standard InChI is InChI=1S/C27H32ClN3O4/c1-6-35-25(33)14-13-24(32)30(16-17(2)3)19(5)26-29-23-15-20(28)9-12-22(23)27(34)31(26)21-10-7-18(4)8-11-21/h7-12,15,17,19H,6,13-14,16H2,1-5H3. The quantitative estimate of drug-likeness (QED) is 0.378. The zero-order chi connectivity index (χ0) is 25.7. The fraction of sp³-hybridized carbons (Fsp3) is 0.407. The van der Waals surface area contributed by atoms with Crippen LogP contribution < -0.4 is 5.56 Å². The van der Waals surface area contributed by atoms with Crippen LogP contribution in [0.4, 0.5) is 0 Å². The van der Waals surface area contributed by atoms with Crippen LogP contribution in [0.5, 0.6) is 0 Å². The van der Waals surface area contributed by atoms with Crippen LogP contribution in [0.3, 0.4) is 0 Å². The van der Waals surface area contributed by atoms with Crippen LogP contribution in [0.15, 0.2) is 47.3 Å². The normalized spacial score (nSPS) is 12.1. The second-order valence-electron chi connectivity index (χ2n) is 9.03. The number of nitrogens with zero attached hydrogens (tertiary/aromatic N) is 3. The van der Waals surface area contributed by atoms with Crippen molar-refractivity contribution in [2.75, 3.05) is 13.2 Å².